The van der Waals surface area contributed by atoms with Crippen LogP contribution in [0.2, 0.25) is 0 Å². The van der Waals surface area contributed by atoms with E-state index in [1.54, 1.807) is 0 Å². The van der Waals surface area contributed by atoms with Gasteiger partial charge in [-0.1, -0.05) is 128 Å². The van der Waals surface area contributed by atoms with Crippen LogP contribution in [-0.2, 0) is 0 Å². The fraction of sp³-hybridized carbons (Fsp3) is 0.370. The molecule has 0 N–H and O–H groups in total. The zero-order valence-corrected chi connectivity index (χ0v) is 35.4. The number of para-hydroxylation sites is 2. The summed E-state index contributed by atoms with van der Waals surface area (Å²) >= 11 is 0. The maximum atomic E-state index is 6.95. The van der Waals surface area contributed by atoms with E-state index in [1.165, 1.54) is 132 Å². The van der Waals surface area contributed by atoms with Crippen LogP contribution in [0.3, 0.4) is 0 Å². The monoisotopic (exact) mass is 778 g/mol. The summed E-state index contributed by atoms with van der Waals surface area (Å²) < 4.78 is 11.9. The Hall–Kier alpha value is -5.42. The number of aromatic nitrogens is 4. The van der Waals surface area contributed by atoms with Gasteiger partial charge in [-0.15, -0.1) is 0 Å². The lowest BCUT2D eigenvalue weighted by Gasteiger charge is -2.27. The molecule has 4 unspecified atom stereocenters. The van der Waals surface area contributed by atoms with E-state index >= 15 is 0 Å². The number of rotatable bonds is 14. The summed E-state index contributed by atoms with van der Waals surface area (Å²) in [6.07, 6.45) is 18.4. The quantitative estimate of drug-likeness (QED) is 0.110. The van der Waals surface area contributed by atoms with Crippen LogP contribution in [0, 0.1) is 0 Å². The van der Waals surface area contributed by atoms with Crippen LogP contribution in [0.5, 0.6) is 11.5 Å². The zero-order chi connectivity index (χ0) is 40.0. The standard InChI is InChI=1S/C54H58N4O/c1-5-9-17-37-39(19-11-7-3)47-25-15-31-55-53(47)57-49-33-35(27-29-41(49)45-23-13-21-43(37)51(45)57)59-36-28-30-42-46-24-14-22-44-38(18-10-6-2)40(20-12-8-4)48-26-16-32-56-54(48)58(52(44)46)50(42)34-36/h13-16,21-34,37-40H,5-12,17-20H2,1-4H3. The van der Waals surface area contributed by atoms with Crippen molar-refractivity contribution in [3.63, 3.8) is 0 Å². The highest BCUT2D eigenvalue weighted by atomic mass is 16.5. The van der Waals surface area contributed by atoms with Gasteiger partial charge in [0.05, 0.1) is 22.1 Å². The summed E-state index contributed by atoms with van der Waals surface area (Å²) in [4.78, 5) is 10.4. The number of benzene rings is 4. The third-order valence-electron chi connectivity index (χ3n) is 13.9. The van der Waals surface area contributed by atoms with Crippen LogP contribution in [0.15, 0.2) is 109 Å². The zero-order valence-electron chi connectivity index (χ0n) is 35.4. The summed E-state index contributed by atoms with van der Waals surface area (Å²) in [6, 6.07) is 36.4. The minimum Gasteiger partial charge on any atom is -0.457 e. The fourth-order valence-corrected chi connectivity index (χ4v) is 11.2. The highest BCUT2D eigenvalue weighted by Crippen LogP contribution is 2.52. The van der Waals surface area contributed by atoms with Gasteiger partial charge in [0.15, 0.2) is 0 Å². The molecular formula is C54H58N4O. The van der Waals surface area contributed by atoms with E-state index in [9.17, 15) is 0 Å². The minimum absolute atomic E-state index is 0.434. The molecule has 5 heteroatoms. The smallest absolute Gasteiger partial charge is 0.141 e. The van der Waals surface area contributed by atoms with Crippen molar-refractivity contribution in [2.45, 2.75) is 128 Å². The van der Waals surface area contributed by atoms with Crippen LogP contribution in [-0.4, -0.2) is 19.1 Å². The predicted molar refractivity (Wildman–Crippen MR) is 246 cm³/mol. The maximum absolute atomic E-state index is 6.95. The first-order chi connectivity index (χ1) is 29.1. The molecule has 8 aromatic rings. The van der Waals surface area contributed by atoms with E-state index in [0.717, 1.165) is 34.2 Å². The van der Waals surface area contributed by atoms with Crippen molar-refractivity contribution in [3.05, 3.63) is 132 Å². The lowest BCUT2D eigenvalue weighted by Crippen LogP contribution is -2.12. The van der Waals surface area contributed by atoms with Gasteiger partial charge in [-0.3, -0.25) is 9.13 Å². The van der Waals surface area contributed by atoms with Gasteiger partial charge in [0, 0.05) is 46.1 Å². The molecule has 4 aromatic carbocycles. The number of hydrogen-bond acceptors (Lipinski definition) is 3. The second-order valence-corrected chi connectivity index (χ2v) is 17.4. The largest absolute Gasteiger partial charge is 0.457 e. The number of pyridine rings is 2. The molecule has 10 rings (SSSR count). The molecule has 0 aliphatic carbocycles. The molecule has 6 heterocycles. The maximum Gasteiger partial charge on any atom is 0.141 e. The summed E-state index contributed by atoms with van der Waals surface area (Å²) in [6.45, 7) is 9.27. The van der Waals surface area contributed by atoms with E-state index in [-0.39, 0.29) is 0 Å². The molecule has 0 saturated carbocycles. The van der Waals surface area contributed by atoms with Crippen molar-refractivity contribution in [1.29, 1.82) is 0 Å². The summed E-state index contributed by atoms with van der Waals surface area (Å²) in [5.41, 5.74) is 10.6. The Kier molecular flexibility index (Phi) is 10.2. The van der Waals surface area contributed by atoms with Crippen molar-refractivity contribution in [1.82, 2.24) is 19.1 Å². The molecule has 4 aromatic heterocycles. The Balaban J connectivity index is 1.13. The molecule has 0 saturated heterocycles. The van der Waals surface area contributed by atoms with Crippen LogP contribution in [0.4, 0.5) is 0 Å². The number of ether oxygens (including phenoxy) is 1. The van der Waals surface area contributed by atoms with Gasteiger partial charge >= 0.3 is 0 Å². The summed E-state index contributed by atoms with van der Waals surface area (Å²) in [5.74, 6) is 5.58. The lowest BCUT2D eigenvalue weighted by atomic mass is 9.76. The Morgan fingerprint density at radius 1 is 0.441 bits per heavy atom. The molecule has 0 spiro atoms. The predicted octanol–water partition coefficient (Wildman–Crippen LogP) is 15.6. The first-order valence-corrected chi connectivity index (χ1v) is 22.9. The second-order valence-electron chi connectivity index (χ2n) is 17.4. The van der Waals surface area contributed by atoms with E-state index in [4.69, 9.17) is 14.7 Å². The topological polar surface area (TPSA) is 44.9 Å². The first-order valence-electron chi connectivity index (χ1n) is 22.9. The molecule has 0 amide bonds. The summed E-state index contributed by atoms with van der Waals surface area (Å²) in [7, 11) is 0. The molecule has 2 aliphatic rings. The van der Waals surface area contributed by atoms with Crippen molar-refractivity contribution < 1.29 is 4.74 Å². The van der Waals surface area contributed by atoms with Gasteiger partial charge in [-0.25, -0.2) is 9.97 Å². The Bertz CT molecular complexity index is 2620. The highest BCUT2D eigenvalue weighted by Gasteiger charge is 2.35. The third-order valence-corrected chi connectivity index (χ3v) is 13.9. The van der Waals surface area contributed by atoms with Crippen LogP contribution < -0.4 is 4.74 Å². The number of nitrogens with zero attached hydrogens (tertiary/aromatic N) is 4. The van der Waals surface area contributed by atoms with Crippen LogP contribution in [0.25, 0.3) is 55.2 Å². The molecule has 5 nitrogen and oxygen atoms in total. The molecule has 0 fully saturated rings. The third kappa shape index (κ3) is 6.26. The Morgan fingerprint density at radius 3 is 1.24 bits per heavy atom. The van der Waals surface area contributed by atoms with Crippen LogP contribution in [0.1, 0.15) is 151 Å². The average molecular weight is 779 g/mol. The van der Waals surface area contributed by atoms with Gasteiger partial charge in [0.2, 0.25) is 0 Å². The summed E-state index contributed by atoms with van der Waals surface area (Å²) in [5, 5.41) is 5.08. The van der Waals surface area contributed by atoms with E-state index < -0.39 is 0 Å². The van der Waals surface area contributed by atoms with E-state index in [1.807, 2.05) is 12.4 Å². The van der Waals surface area contributed by atoms with Gasteiger partial charge in [0.25, 0.3) is 0 Å². The van der Waals surface area contributed by atoms with Crippen molar-refractivity contribution in [2.24, 2.45) is 0 Å². The minimum atomic E-state index is 0.434. The van der Waals surface area contributed by atoms with Gasteiger partial charge in [-0.2, -0.15) is 0 Å². The van der Waals surface area contributed by atoms with Crippen LogP contribution >= 0.6 is 0 Å². The van der Waals surface area contributed by atoms with Gasteiger partial charge < -0.3 is 4.74 Å². The SMILES string of the molecule is CCCCC1c2cccnc2-n2c3cc(Oc4ccc5c6cccc7c6n(c5c4)-c4ncccc4C(CCCC)C7CCCC)ccc3c3cccc(c32)C1CCCC. The molecule has 0 bridgehead atoms. The van der Waals surface area contributed by atoms with Gasteiger partial charge in [-0.05, 0) is 108 Å². The Morgan fingerprint density at radius 2 is 0.831 bits per heavy atom. The number of hydrogen-bond donors (Lipinski definition) is 0. The normalized spacial score (nSPS) is 18.3. The van der Waals surface area contributed by atoms with Crippen molar-refractivity contribution in [2.75, 3.05) is 0 Å². The average Bonchev–Trinajstić information content (AvgIpc) is 3.70. The number of unbranched alkanes of at least 4 members (excludes halogenated alkanes) is 4. The van der Waals surface area contributed by atoms with Crippen molar-refractivity contribution in [3.8, 4) is 23.1 Å². The molecule has 4 atom stereocenters. The molecule has 300 valence electrons. The number of fused-ring (bicyclic) bond motifs is 10. The Labute approximate surface area is 349 Å². The highest BCUT2D eigenvalue weighted by molar-refractivity contribution is 6.12. The fourth-order valence-electron chi connectivity index (χ4n) is 11.2. The molecule has 0 radical (unpaired) electrons. The molecule has 59 heavy (non-hydrogen) atoms. The van der Waals surface area contributed by atoms with E-state index in [2.05, 4.69) is 134 Å². The van der Waals surface area contributed by atoms with Gasteiger partial charge in [0.1, 0.15) is 23.1 Å². The molecular weight excluding hydrogens is 721 g/mol. The second kappa shape index (κ2) is 16.0. The molecule has 2 aliphatic heterocycles. The van der Waals surface area contributed by atoms with E-state index in [0.29, 0.717) is 23.7 Å². The lowest BCUT2D eigenvalue weighted by molar-refractivity contribution is 0.453. The van der Waals surface area contributed by atoms with Crippen molar-refractivity contribution >= 4 is 43.6 Å². The first kappa shape index (κ1) is 37.8.